The van der Waals surface area contributed by atoms with Gasteiger partial charge in [-0.3, -0.25) is 9.36 Å². The smallest absolute Gasteiger partial charge is 0.294 e. The molecule has 5 rings (SSSR count). The topological polar surface area (TPSA) is 39.8 Å². The molecule has 0 radical (unpaired) electrons. The molecule has 0 amide bonds. The fraction of sp³-hybridized carbons (Fsp3) is 0.0769. The highest BCUT2D eigenvalue weighted by molar-refractivity contribution is 6.31. The van der Waals surface area contributed by atoms with Gasteiger partial charge in [0.1, 0.15) is 0 Å². The molecule has 0 fully saturated rings. The summed E-state index contributed by atoms with van der Waals surface area (Å²) < 4.78 is 3.49. The standard InChI is InChI=1S/C26H20ClN3O/c1-17-13-14-21-20(15-17)16-22(18-9-5-3-6-10-18)30(21)25-26(31)29(2)23(24(27)28-25)19-11-7-4-8-12-19/h3-16H,1-2H3. The maximum atomic E-state index is 13.5. The van der Waals surface area contributed by atoms with Crippen molar-refractivity contribution in [3.8, 4) is 28.3 Å². The Hall–Kier alpha value is -3.63. The van der Waals surface area contributed by atoms with Gasteiger partial charge in [-0.1, -0.05) is 83.9 Å². The van der Waals surface area contributed by atoms with E-state index in [-0.39, 0.29) is 16.5 Å². The molecule has 0 saturated heterocycles. The Bertz CT molecular complexity index is 1470. The average molecular weight is 426 g/mol. The van der Waals surface area contributed by atoms with Gasteiger partial charge in [-0.05, 0) is 30.7 Å². The third kappa shape index (κ3) is 3.25. The summed E-state index contributed by atoms with van der Waals surface area (Å²) in [5, 5.41) is 1.34. The molecule has 0 N–H and O–H groups in total. The Morgan fingerprint density at radius 3 is 2.16 bits per heavy atom. The molecule has 2 aromatic heterocycles. The Morgan fingerprint density at radius 2 is 1.48 bits per heavy atom. The summed E-state index contributed by atoms with van der Waals surface area (Å²) in [4.78, 5) is 18.1. The van der Waals surface area contributed by atoms with E-state index in [4.69, 9.17) is 11.6 Å². The molecule has 3 aromatic carbocycles. The lowest BCUT2D eigenvalue weighted by Gasteiger charge is -2.15. The van der Waals surface area contributed by atoms with Gasteiger partial charge in [0.15, 0.2) is 5.15 Å². The van der Waals surface area contributed by atoms with E-state index in [0.717, 1.165) is 33.3 Å². The van der Waals surface area contributed by atoms with Crippen LogP contribution < -0.4 is 5.56 Å². The fourth-order valence-corrected chi connectivity index (χ4v) is 4.34. The summed E-state index contributed by atoms with van der Waals surface area (Å²) in [7, 11) is 1.74. The zero-order valence-corrected chi connectivity index (χ0v) is 18.0. The maximum Gasteiger partial charge on any atom is 0.294 e. The largest absolute Gasteiger partial charge is 0.305 e. The minimum Gasteiger partial charge on any atom is -0.305 e. The highest BCUT2D eigenvalue weighted by Crippen LogP contribution is 2.32. The van der Waals surface area contributed by atoms with Crippen LogP contribution in [0.5, 0.6) is 0 Å². The molecule has 0 aliphatic rings. The lowest BCUT2D eigenvalue weighted by atomic mass is 10.1. The van der Waals surface area contributed by atoms with Crippen molar-refractivity contribution >= 4 is 22.5 Å². The minimum atomic E-state index is -0.210. The van der Waals surface area contributed by atoms with Gasteiger partial charge in [0.2, 0.25) is 5.82 Å². The normalized spacial score (nSPS) is 11.2. The molecule has 4 nitrogen and oxygen atoms in total. The first-order valence-electron chi connectivity index (χ1n) is 10.0. The van der Waals surface area contributed by atoms with E-state index in [2.05, 4.69) is 24.0 Å². The number of hydrogen-bond donors (Lipinski definition) is 0. The highest BCUT2D eigenvalue weighted by Gasteiger charge is 2.20. The summed E-state index contributed by atoms with van der Waals surface area (Å²) in [6.45, 7) is 2.06. The molecule has 0 aliphatic heterocycles. The molecule has 31 heavy (non-hydrogen) atoms. The van der Waals surface area contributed by atoms with Crippen molar-refractivity contribution < 1.29 is 0 Å². The van der Waals surface area contributed by atoms with E-state index in [1.807, 2.05) is 77.4 Å². The molecule has 0 atom stereocenters. The van der Waals surface area contributed by atoms with Crippen LogP contribution >= 0.6 is 11.6 Å². The van der Waals surface area contributed by atoms with Crippen molar-refractivity contribution in [2.24, 2.45) is 7.05 Å². The fourth-order valence-electron chi connectivity index (χ4n) is 4.02. The van der Waals surface area contributed by atoms with Gasteiger partial charge in [0.25, 0.3) is 5.56 Å². The molecule has 0 aliphatic carbocycles. The first kappa shape index (κ1) is 19.3. The van der Waals surface area contributed by atoms with Crippen LogP contribution in [0, 0.1) is 6.92 Å². The van der Waals surface area contributed by atoms with Crippen molar-refractivity contribution in [1.29, 1.82) is 0 Å². The molecule has 5 aromatic rings. The Labute approximate surface area is 185 Å². The number of aromatic nitrogens is 3. The van der Waals surface area contributed by atoms with Gasteiger partial charge in [0.05, 0.1) is 16.9 Å². The van der Waals surface area contributed by atoms with Crippen LogP contribution in [0.4, 0.5) is 0 Å². The van der Waals surface area contributed by atoms with Crippen LogP contribution in [0.1, 0.15) is 5.56 Å². The lowest BCUT2D eigenvalue weighted by Crippen LogP contribution is -2.26. The quantitative estimate of drug-likeness (QED) is 0.354. The summed E-state index contributed by atoms with van der Waals surface area (Å²) in [5.41, 5.74) is 5.21. The zero-order valence-electron chi connectivity index (χ0n) is 17.2. The van der Waals surface area contributed by atoms with E-state index in [9.17, 15) is 4.79 Å². The van der Waals surface area contributed by atoms with Crippen molar-refractivity contribution in [2.75, 3.05) is 0 Å². The number of benzene rings is 3. The van der Waals surface area contributed by atoms with Crippen LogP contribution in [0.25, 0.3) is 39.2 Å². The Morgan fingerprint density at radius 1 is 0.839 bits per heavy atom. The van der Waals surface area contributed by atoms with Gasteiger partial charge in [0, 0.05) is 18.0 Å². The van der Waals surface area contributed by atoms with Crippen LogP contribution in [0.2, 0.25) is 5.15 Å². The van der Waals surface area contributed by atoms with Gasteiger partial charge < -0.3 is 4.57 Å². The van der Waals surface area contributed by atoms with E-state index in [0.29, 0.717) is 5.69 Å². The summed E-state index contributed by atoms with van der Waals surface area (Å²) >= 11 is 6.65. The summed E-state index contributed by atoms with van der Waals surface area (Å²) in [6.07, 6.45) is 0. The minimum absolute atomic E-state index is 0.210. The van der Waals surface area contributed by atoms with E-state index in [1.165, 1.54) is 0 Å². The SMILES string of the molecule is Cc1ccc2c(c1)cc(-c1ccccc1)n2-c1nc(Cl)c(-c2ccccc2)n(C)c1=O. The molecule has 2 heterocycles. The van der Waals surface area contributed by atoms with Crippen LogP contribution in [-0.2, 0) is 7.05 Å². The predicted molar refractivity (Wildman–Crippen MR) is 127 cm³/mol. The highest BCUT2D eigenvalue weighted by atomic mass is 35.5. The Balaban J connectivity index is 1.84. The first-order valence-corrected chi connectivity index (χ1v) is 10.4. The second-order valence-corrected chi connectivity index (χ2v) is 7.96. The van der Waals surface area contributed by atoms with Crippen LogP contribution in [0.3, 0.4) is 0 Å². The number of aryl methyl sites for hydroxylation is 1. The summed E-state index contributed by atoms with van der Waals surface area (Å²) in [6, 6.07) is 27.9. The first-order chi connectivity index (χ1) is 15.0. The van der Waals surface area contributed by atoms with Crippen molar-refractivity contribution in [3.05, 3.63) is 106 Å². The van der Waals surface area contributed by atoms with Gasteiger partial charge in [-0.25, -0.2) is 4.98 Å². The molecular formula is C26H20ClN3O. The monoisotopic (exact) mass is 425 g/mol. The molecule has 0 unspecified atom stereocenters. The van der Waals surface area contributed by atoms with Gasteiger partial charge in [-0.15, -0.1) is 0 Å². The van der Waals surface area contributed by atoms with Crippen LogP contribution in [-0.4, -0.2) is 14.1 Å². The summed E-state index contributed by atoms with van der Waals surface area (Å²) in [5.74, 6) is 0.282. The zero-order chi connectivity index (χ0) is 21.5. The molecule has 152 valence electrons. The van der Waals surface area contributed by atoms with Gasteiger partial charge in [-0.2, -0.15) is 0 Å². The van der Waals surface area contributed by atoms with Crippen molar-refractivity contribution in [3.63, 3.8) is 0 Å². The molecule has 0 spiro atoms. The molecular weight excluding hydrogens is 406 g/mol. The van der Waals surface area contributed by atoms with Crippen LogP contribution in [0.15, 0.2) is 89.7 Å². The Kier molecular flexibility index (Phi) is 4.72. The number of rotatable bonds is 3. The van der Waals surface area contributed by atoms with E-state index >= 15 is 0 Å². The van der Waals surface area contributed by atoms with E-state index < -0.39 is 0 Å². The third-order valence-corrected chi connectivity index (χ3v) is 5.78. The van der Waals surface area contributed by atoms with E-state index in [1.54, 1.807) is 11.6 Å². The third-order valence-electron chi connectivity index (χ3n) is 5.52. The predicted octanol–water partition coefficient (Wildman–Crippen LogP) is 6.02. The average Bonchev–Trinajstić information content (AvgIpc) is 3.16. The number of hydrogen-bond acceptors (Lipinski definition) is 2. The number of halogens is 1. The maximum absolute atomic E-state index is 13.5. The number of nitrogens with zero attached hydrogens (tertiary/aromatic N) is 3. The van der Waals surface area contributed by atoms with Crippen molar-refractivity contribution in [1.82, 2.24) is 14.1 Å². The lowest BCUT2D eigenvalue weighted by molar-refractivity contribution is 0.826. The number of fused-ring (bicyclic) bond motifs is 1. The van der Waals surface area contributed by atoms with Crippen molar-refractivity contribution in [2.45, 2.75) is 6.92 Å². The van der Waals surface area contributed by atoms with Gasteiger partial charge >= 0.3 is 0 Å². The molecule has 0 bridgehead atoms. The molecule has 5 heteroatoms. The second-order valence-electron chi connectivity index (χ2n) is 7.60. The molecule has 0 saturated carbocycles. The second kappa shape index (κ2) is 7.56.